The molecule has 0 saturated carbocycles. The molecule has 144 valence electrons. The van der Waals surface area contributed by atoms with Crippen molar-refractivity contribution in [2.75, 3.05) is 13.1 Å². The molecule has 0 aromatic heterocycles. The van der Waals surface area contributed by atoms with Gasteiger partial charge in [-0.1, -0.05) is 26.2 Å². The standard InChI is InChI=1S/C18H26N2O5S/c1-2-7-16(18(22)23)19-17(21)14-8-10-15(11-9-14)26(24,25)20-12-5-3-4-6-13-20/h8-11,16H,2-7,12-13H2,1H3,(H,19,21)(H,22,23). The number of rotatable bonds is 7. The zero-order chi connectivity index (χ0) is 19.2. The van der Waals surface area contributed by atoms with Crippen LogP contribution in [0.1, 0.15) is 55.8 Å². The van der Waals surface area contributed by atoms with Crippen molar-refractivity contribution in [1.82, 2.24) is 9.62 Å². The van der Waals surface area contributed by atoms with Gasteiger partial charge in [-0.15, -0.1) is 0 Å². The summed E-state index contributed by atoms with van der Waals surface area (Å²) in [6.07, 6.45) is 4.75. The fourth-order valence-corrected chi connectivity index (χ4v) is 4.51. The molecule has 1 heterocycles. The molecular weight excluding hydrogens is 356 g/mol. The number of carboxylic acids is 1. The number of sulfonamides is 1. The number of nitrogens with zero attached hydrogens (tertiary/aromatic N) is 1. The average Bonchev–Trinajstić information content (AvgIpc) is 2.91. The van der Waals surface area contributed by atoms with Crippen LogP contribution in [0.15, 0.2) is 29.2 Å². The van der Waals surface area contributed by atoms with Crippen molar-refractivity contribution >= 4 is 21.9 Å². The van der Waals surface area contributed by atoms with Crippen molar-refractivity contribution in [2.45, 2.75) is 56.4 Å². The summed E-state index contributed by atoms with van der Waals surface area (Å²) in [5.74, 6) is -1.61. The summed E-state index contributed by atoms with van der Waals surface area (Å²) in [5, 5.41) is 11.6. The molecule has 1 aromatic carbocycles. The van der Waals surface area contributed by atoms with Crippen molar-refractivity contribution in [3.05, 3.63) is 29.8 Å². The van der Waals surface area contributed by atoms with Crippen LogP contribution >= 0.6 is 0 Å². The first-order chi connectivity index (χ1) is 12.4. The fraction of sp³-hybridized carbons (Fsp3) is 0.556. The minimum atomic E-state index is -3.57. The smallest absolute Gasteiger partial charge is 0.326 e. The largest absolute Gasteiger partial charge is 0.480 e. The predicted octanol–water partition coefficient (Wildman–Crippen LogP) is 2.23. The van der Waals surface area contributed by atoms with Crippen molar-refractivity contribution in [2.24, 2.45) is 0 Å². The molecule has 8 heteroatoms. The van der Waals surface area contributed by atoms with Gasteiger partial charge in [-0.05, 0) is 43.5 Å². The van der Waals surface area contributed by atoms with Crippen molar-refractivity contribution < 1.29 is 23.1 Å². The first-order valence-corrected chi connectivity index (χ1v) is 10.4. The third-order valence-electron chi connectivity index (χ3n) is 4.50. The van der Waals surface area contributed by atoms with E-state index in [2.05, 4.69) is 5.32 Å². The molecule has 2 N–H and O–H groups in total. The van der Waals surface area contributed by atoms with Gasteiger partial charge in [0.1, 0.15) is 6.04 Å². The van der Waals surface area contributed by atoms with Crippen molar-refractivity contribution in [1.29, 1.82) is 0 Å². The van der Waals surface area contributed by atoms with Crippen LogP contribution in [0.2, 0.25) is 0 Å². The molecule has 1 amide bonds. The van der Waals surface area contributed by atoms with Gasteiger partial charge >= 0.3 is 5.97 Å². The van der Waals surface area contributed by atoms with E-state index in [1.54, 1.807) is 0 Å². The molecule has 0 radical (unpaired) electrons. The molecular formula is C18H26N2O5S. The van der Waals surface area contributed by atoms with Gasteiger partial charge in [0.15, 0.2) is 0 Å². The second kappa shape index (κ2) is 9.14. The molecule has 1 aliphatic rings. The minimum absolute atomic E-state index is 0.152. The maximum Gasteiger partial charge on any atom is 0.326 e. The van der Waals surface area contributed by atoms with E-state index in [1.807, 2.05) is 6.92 Å². The molecule has 26 heavy (non-hydrogen) atoms. The summed E-state index contributed by atoms with van der Waals surface area (Å²) in [6.45, 7) is 2.87. The Morgan fingerprint density at radius 2 is 1.69 bits per heavy atom. The quantitative estimate of drug-likeness (QED) is 0.753. The summed E-state index contributed by atoms with van der Waals surface area (Å²) < 4.78 is 26.9. The number of aliphatic carboxylic acids is 1. The first kappa shape index (κ1) is 20.4. The Labute approximate surface area is 154 Å². The van der Waals surface area contributed by atoms with E-state index in [4.69, 9.17) is 5.11 Å². The molecule has 2 rings (SSSR count). The number of amides is 1. The van der Waals surface area contributed by atoms with Gasteiger partial charge in [0.05, 0.1) is 4.90 Å². The summed E-state index contributed by atoms with van der Waals surface area (Å²) >= 11 is 0. The minimum Gasteiger partial charge on any atom is -0.480 e. The third kappa shape index (κ3) is 5.04. The normalized spacial score (nSPS) is 17.3. The molecule has 1 saturated heterocycles. The Hall–Kier alpha value is -1.93. The summed E-state index contributed by atoms with van der Waals surface area (Å²) in [6, 6.07) is 4.71. The van der Waals surface area contributed by atoms with Gasteiger partial charge in [0, 0.05) is 18.7 Å². The van der Waals surface area contributed by atoms with Crippen LogP contribution in [0.3, 0.4) is 0 Å². The number of carbonyl (C=O) groups excluding carboxylic acids is 1. The van der Waals surface area contributed by atoms with Crippen molar-refractivity contribution in [3.8, 4) is 0 Å². The van der Waals surface area contributed by atoms with Gasteiger partial charge in [0.25, 0.3) is 5.91 Å². The topological polar surface area (TPSA) is 104 Å². The molecule has 1 aliphatic heterocycles. The third-order valence-corrected chi connectivity index (χ3v) is 6.41. The maximum absolute atomic E-state index is 12.7. The van der Waals surface area contributed by atoms with E-state index in [1.165, 1.54) is 28.6 Å². The highest BCUT2D eigenvalue weighted by molar-refractivity contribution is 7.89. The van der Waals surface area contributed by atoms with Crippen LogP contribution in [0.5, 0.6) is 0 Å². The summed E-state index contributed by atoms with van der Waals surface area (Å²) in [7, 11) is -3.57. The van der Waals surface area contributed by atoms with Gasteiger partial charge in [-0.25, -0.2) is 13.2 Å². The number of benzene rings is 1. The van der Waals surface area contributed by atoms with E-state index in [0.717, 1.165) is 25.7 Å². The Bertz CT molecular complexity index is 722. The maximum atomic E-state index is 12.7. The van der Waals surface area contributed by atoms with Crippen LogP contribution in [0, 0.1) is 0 Å². The fourth-order valence-electron chi connectivity index (χ4n) is 3.00. The Balaban J connectivity index is 2.11. The molecule has 1 unspecified atom stereocenters. The lowest BCUT2D eigenvalue weighted by Crippen LogP contribution is -2.40. The van der Waals surface area contributed by atoms with E-state index >= 15 is 0 Å². The first-order valence-electron chi connectivity index (χ1n) is 9.00. The highest BCUT2D eigenvalue weighted by atomic mass is 32.2. The number of hydrogen-bond donors (Lipinski definition) is 2. The Morgan fingerprint density at radius 3 is 2.19 bits per heavy atom. The van der Waals surface area contributed by atoms with Gasteiger partial charge in [-0.2, -0.15) is 4.31 Å². The lowest BCUT2D eigenvalue weighted by atomic mass is 10.1. The lowest BCUT2D eigenvalue weighted by molar-refractivity contribution is -0.139. The van der Waals surface area contributed by atoms with Crippen LogP contribution < -0.4 is 5.32 Å². The molecule has 0 spiro atoms. The van der Waals surface area contributed by atoms with E-state index < -0.39 is 27.9 Å². The zero-order valence-corrected chi connectivity index (χ0v) is 15.8. The molecule has 0 bridgehead atoms. The van der Waals surface area contributed by atoms with E-state index in [0.29, 0.717) is 25.9 Å². The van der Waals surface area contributed by atoms with Crippen LogP contribution in [-0.2, 0) is 14.8 Å². The second-order valence-electron chi connectivity index (χ2n) is 6.50. The number of carbonyl (C=O) groups is 2. The highest BCUT2D eigenvalue weighted by Gasteiger charge is 2.25. The van der Waals surface area contributed by atoms with Crippen LogP contribution in [0.25, 0.3) is 0 Å². The number of carboxylic acid groups (broad SMARTS) is 1. The van der Waals surface area contributed by atoms with Gasteiger partial charge < -0.3 is 10.4 Å². The summed E-state index contributed by atoms with van der Waals surface area (Å²) in [4.78, 5) is 23.5. The predicted molar refractivity (Wildman–Crippen MR) is 97.5 cm³/mol. The summed E-state index contributed by atoms with van der Waals surface area (Å²) in [5.41, 5.74) is 0.238. The number of nitrogens with one attached hydrogen (secondary N) is 1. The SMILES string of the molecule is CCCC(NC(=O)c1ccc(S(=O)(=O)N2CCCCCC2)cc1)C(=O)O. The number of hydrogen-bond acceptors (Lipinski definition) is 4. The molecule has 1 aromatic rings. The van der Waals surface area contributed by atoms with Crippen molar-refractivity contribution in [3.63, 3.8) is 0 Å². The molecule has 1 fully saturated rings. The van der Waals surface area contributed by atoms with Crippen LogP contribution in [-0.4, -0.2) is 48.8 Å². The van der Waals surface area contributed by atoms with Gasteiger partial charge in [0.2, 0.25) is 10.0 Å². The molecule has 0 aliphatic carbocycles. The van der Waals surface area contributed by atoms with Gasteiger partial charge in [-0.3, -0.25) is 4.79 Å². The zero-order valence-electron chi connectivity index (χ0n) is 15.0. The van der Waals surface area contributed by atoms with E-state index in [-0.39, 0.29) is 10.5 Å². The van der Waals surface area contributed by atoms with Crippen LogP contribution in [0.4, 0.5) is 0 Å². The average molecular weight is 382 g/mol. The molecule has 1 atom stereocenters. The molecule has 7 nitrogen and oxygen atoms in total. The second-order valence-corrected chi connectivity index (χ2v) is 8.43. The Morgan fingerprint density at radius 1 is 1.12 bits per heavy atom. The Kier molecular flexibility index (Phi) is 7.16. The highest BCUT2D eigenvalue weighted by Crippen LogP contribution is 2.20. The van der Waals surface area contributed by atoms with E-state index in [9.17, 15) is 18.0 Å². The lowest BCUT2D eigenvalue weighted by Gasteiger charge is -2.20. The monoisotopic (exact) mass is 382 g/mol.